The molecule has 0 aromatic heterocycles. The van der Waals surface area contributed by atoms with Crippen molar-refractivity contribution in [3.8, 4) is 5.75 Å². The standard InChI is InChI=1S/C15H15FN2O3/c1-20-13-8-9(16)6-7-11(13)18-12-5-3-4-10(14(12)17)15(19)21-2/h3-8,18H,17H2,1-2H3. The fraction of sp³-hybridized carbons (Fsp3) is 0.133. The number of halogens is 1. The molecule has 2 aromatic carbocycles. The summed E-state index contributed by atoms with van der Waals surface area (Å²) in [5.41, 5.74) is 7.49. The van der Waals surface area contributed by atoms with Gasteiger partial charge in [0, 0.05) is 6.07 Å². The van der Waals surface area contributed by atoms with Gasteiger partial charge in [-0.3, -0.25) is 0 Å². The van der Waals surface area contributed by atoms with Crippen molar-refractivity contribution in [2.45, 2.75) is 0 Å². The van der Waals surface area contributed by atoms with Gasteiger partial charge < -0.3 is 20.5 Å². The van der Waals surface area contributed by atoms with Gasteiger partial charge in [-0.2, -0.15) is 0 Å². The van der Waals surface area contributed by atoms with E-state index in [1.807, 2.05) is 0 Å². The summed E-state index contributed by atoms with van der Waals surface area (Å²) >= 11 is 0. The Morgan fingerprint density at radius 1 is 1.19 bits per heavy atom. The van der Waals surface area contributed by atoms with E-state index in [4.69, 9.17) is 10.5 Å². The van der Waals surface area contributed by atoms with Gasteiger partial charge in [-0.25, -0.2) is 9.18 Å². The maximum Gasteiger partial charge on any atom is 0.340 e. The highest BCUT2D eigenvalue weighted by atomic mass is 19.1. The number of nitrogen functional groups attached to an aromatic ring is 1. The van der Waals surface area contributed by atoms with Gasteiger partial charge in [0.25, 0.3) is 0 Å². The van der Waals surface area contributed by atoms with Gasteiger partial charge in [0.1, 0.15) is 11.6 Å². The Morgan fingerprint density at radius 2 is 1.95 bits per heavy atom. The van der Waals surface area contributed by atoms with Crippen LogP contribution in [-0.4, -0.2) is 20.2 Å². The Morgan fingerprint density at radius 3 is 2.62 bits per heavy atom. The summed E-state index contributed by atoms with van der Waals surface area (Å²) in [6.07, 6.45) is 0. The van der Waals surface area contributed by atoms with E-state index in [1.54, 1.807) is 18.2 Å². The monoisotopic (exact) mass is 290 g/mol. The smallest absolute Gasteiger partial charge is 0.340 e. The third-order valence-corrected chi connectivity index (χ3v) is 2.94. The van der Waals surface area contributed by atoms with Gasteiger partial charge in [0.2, 0.25) is 0 Å². The molecule has 0 radical (unpaired) electrons. The van der Waals surface area contributed by atoms with E-state index in [0.717, 1.165) is 0 Å². The van der Waals surface area contributed by atoms with Crippen LogP contribution in [0.15, 0.2) is 36.4 Å². The van der Waals surface area contributed by atoms with Crippen molar-refractivity contribution >= 4 is 23.0 Å². The number of ether oxygens (including phenoxy) is 2. The first-order chi connectivity index (χ1) is 10.1. The second kappa shape index (κ2) is 6.13. The van der Waals surface area contributed by atoms with Gasteiger partial charge in [-0.1, -0.05) is 6.07 Å². The van der Waals surface area contributed by atoms with Crippen LogP contribution in [0.2, 0.25) is 0 Å². The number of carbonyl (C=O) groups is 1. The summed E-state index contributed by atoms with van der Waals surface area (Å²) in [5.74, 6) is -0.603. The molecule has 0 aliphatic rings. The number of benzene rings is 2. The molecule has 0 aliphatic heterocycles. The molecule has 0 amide bonds. The highest BCUT2D eigenvalue weighted by Gasteiger charge is 2.14. The summed E-state index contributed by atoms with van der Waals surface area (Å²) < 4.78 is 22.9. The molecule has 6 heteroatoms. The Balaban J connectivity index is 2.38. The zero-order valence-electron chi connectivity index (χ0n) is 11.6. The van der Waals surface area contributed by atoms with E-state index in [2.05, 4.69) is 10.1 Å². The maximum absolute atomic E-state index is 13.2. The van der Waals surface area contributed by atoms with Crippen molar-refractivity contribution in [2.24, 2.45) is 0 Å². The Hall–Kier alpha value is -2.76. The number of esters is 1. The molecule has 0 bridgehead atoms. The molecule has 0 saturated heterocycles. The van der Waals surface area contributed by atoms with E-state index in [-0.39, 0.29) is 11.3 Å². The Bertz CT molecular complexity index is 674. The summed E-state index contributed by atoms with van der Waals surface area (Å²) in [4.78, 5) is 11.6. The number of anilines is 3. The predicted octanol–water partition coefficient (Wildman–Crippen LogP) is 2.95. The van der Waals surface area contributed by atoms with E-state index in [0.29, 0.717) is 17.1 Å². The molecule has 0 unspecified atom stereocenters. The van der Waals surface area contributed by atoms with Crippen LogP contribution >= 0.6 is 0 Å². The third-order valence-electron chi connectivity index (χ3n) is 2.94. The maximum atomic E-state index is 13.2. The largest absolute Gasteiger partial charge is 0.494 e. The van der Waals surface area contributed by atoms with Gasteiger partial charge in [-0.15, -0.1) is 0 Å². The molecule has 3 N–H and O–H groups in total. The van der Waals surface area contributed by atoms with Crippen LogP contribution in [0.1, 0.15) is 10.4 Å². The number of nitrogens with two attached hydrogens (primary N) is 1. The lowest BCUT2D eigenvalue weighted by molar-refractivity contribution is 0.0602. The number of hydrogen-bond acceptors (Lipinski definition) is 5. The lowest BCUT2D eigenvalue weighted by Gasteiger charge is -2.14. The number of hydrogen-bond donors (Lipinski definition) is 2. The number of methoxy groups -OCH3 is 2. The summed E-state index contributed by atoms with van der Waals surface area (Å²) in [7, 11) is 2.72. The molecule has 0 spiro atoms. The molecule has 2 aromatic rings. The van der Waals surface area contributed by atoms with Crippen molar-refractivity contribution < 1.29 is 18.7 Å². The van der Waals surface area contributed by atoms with Crippen LogP contribution in [-0.2, 0) is 4.74 Å². The number of rotatable bonds is 4. The van der Waals surface area contributed by atoms with Crippen LogP contribution in [0.25, 0.3) is 0 Å². The first kappa shape index (κ1) is 14.6. The minimum atomic E-state index is -0.526. The first-order valence-corrected chi connectivity index (χ1v) is 6.14. The second-order valence-corrected chi connectivity index (χ2v) is 4.23. The topological polar surface area (TPSA) is 73.6 Å². The molecule has 0 atom stereocenters. The molecular weight excluding hydrogens is 275 g/mol. The van der Waals surface area contributed by atoms with Crippen LogP contribution < -0.4 is 15.8 Å². The van der Waals surface area contributed by atoms with Crippen molar-refractivity contribution in [1.29, 1.82) is 0 Å². The van der Waals surface area contributed by atoms with Crippen molar-refractivity contribution in [3.05, 3.63) is 47.8 Å². The lowest BCUT2D eigenvalue weighted by Crippen LogP contribution is -2.08. The summed E-state index contributed by atoms with van der Waals surface area (Å²) in [6, 6.07) is 9.01. The van der Waals surface area contributed by atoms with Gasteiger partial charge in [-0.05, 0) is 24.3 Å². The van der Waals surface area contributed by atoms with E-state index >= 15 is 0 Å². The lowest BCUT2D eigenvalue weighted by atomic mass is 10.1. The average molecular weight is 290 g/mol. The molecule has 0 saturated carbocycles. The second-order valence-electron chi connectivity index (χ2n) is 4.23. The van der Waals surface area contributed by atoms with Gasteiger partial charge in [0.05, 0.1) is 36.8 Å². The van der Waals surface area contributed by atoms with Crippen molar-refractivity contribution in [2.75, 3.05) is 25.3 Å². The zero-order chi connectivity index (χ0) is 15.4. The zero-order valence-corrected chi connectivity index (χ0v) is 11.6. The predicted molar refractivity (Wildman–Crippen MR) is 78.4 cm³/mol. The molecule has 21 heavy (non-hydrogen) atoms. The van der Waals surface area contributed by atoms with Crippen LogP contribution in [0, 0.1) is 5.82 Å². The fourth-order valence-corrected chi connectivity index (χ4v) is 1.88. The minimum Gasteiger partial charge on any atom is -0.494 e. The van der Waals surface area contributed by atoms with E-state index in [9.17, 15) is 9.18 Å². The molecule has 0 aliphatic carbocycles. The number of para-hydroxylation sites is 1. The molecule has 2 rings (SSSR count). The minimum absolute atomic E-state index is 0.246. The van der Waals surface area contributed by atoms with Crippen LogP contribution in [0.3, 0.4) is 0 Å². The quantitative estimate of drug-likeness (QED) is 0.669. The molecule has 0 fully saturated rings. The molecule has 110 valence electrons. The van der Waals surface area contributed by atoms with Crippen LogP contribution in [0.5, 0.6) is 5.75 Å². The SMILES string of the molecule is COC(=O)c1cccc(Nc2ccc(F)cc2OC)c1N. The van der Waals surface area contributed by atoms with E-state index < -0.39 is 11.8 Å². The number of carbonyl (C=O) groups excluding carboxylic acids is 1. The Labute approximate surface area is 121 Å². The Kier molecular flexibility index (Phi) is 4.27. The highest BCUT2D eigenvalue weighted by molar-refractivity contribution is 5.98. The normalized spacial score (nSPS) is 10.0. The van der Waals surface area contributed by atoms with Crippen LogP contribution in [0.4, 0.5) is 21.5 Å². The van der Waals surface area contributed by atoms with Gasteiger partial charge >= 0.3 is 5.97 Å². The fourth-order valence-electron chi connectivity index (χ4n) is 1.88. The summed E-state index contributed by atoms with van der Waals surface area (Å²) in [5, 5.41) is 3.01. The molecular formula is C15H15FN2O3. The summed E-state index contributed by atoms with van der Waals surface area (Å²) in [6.45, 7) is 0. The highest BCUT2D eigenvalue weighted by Crippen LogP contribution is 2.32. The van der Waals surface area contributed by atoms with Gasteiger partial charge in [0.15, 0.2) is 0 Å². The van der Waals surface area contributed by atoms with Crippen molar-refractivity contribution in [3.63, 3.8) is 0 Å². The van der Waals surface area contributed by atoms with E-state index in [1.165, 1.54) is 32.4 Å². The number of nitrogens with one attached hydrogen (secondary N) is 1. The average Bonchev–Trinajstić information content (AvgIpc) is 2.50. The van der Waals surface area contributed by atoms with Crippen molar-refractivity contribution in [1.82, 2.24) is 0 Å². The third kappa shape index (κ3) is 3.05. The molecule has 0 heterocycles. The molecule has 5 nitrogen and oxygen atoms in total. The first-order valence-electron chi connectivity index (χ1n) is 6.14.